The van der Waals surface area contributed by atoms with Crippen LogP contribution in [0, 0.1) is 18.8 Å². The molecule has 1 saturated carbocycles. The van der Waals surface area contributed by atoms with Crippen molar-refractivity contribution in [2.45, 2.75) is 45.3 Å². The highest BCUT2D eigenvalue weighted by molar-refractivity contribution is 5.76. The molecule has 2 aliphatic rings. The van der Waals surface area contributed by atoms with Gasteiger partial charge in [0.2, 0.25) is 5.88 Å². The van der Waals surface area contributed by atoms with E-state index in [-0.39, 0.29) is 18.2 Å². The largest absolute Gasteiger partial charge is 0.471 e. The molecular formula is C24H30N6O2. The smallest absolute Gasteiger partial charge is 0.317 e. The van der Waals surface area contributed by atoms with Gasteiger partial charge in [0, 0.05) is 32.0 Å². The van der Waals surface area contributed by atoms with Crippen LogP contribution in [0.4, 0.5) is 4.79 Å². The van der Waals surface area contributed by atoms with Crippen LogP contribution in [0.1, 0.15) is 38.1 Å². The maximum absolute atomic E-state index is 12.6. The first-order valence-corrected chi connectivity index (χ1v) is 11.5. The lowest BCUT2D eigenvalue weighted by molar-refractivity contribution is 0.0519. The SMILES string of the molecule is CCCNC(=O)N1C[C@H]2C[C@H](Oc3cnccn3)[C@@H](n3c(C)nc4ccccc43)C[C@H]2C1. The molecular weight excluding hydrogens is 404 g/mol. The number of benzene rings is 1. The summed E-state index contributed by atoms with van der Waals surface area (Å²) in [6.45, 7) is 6.41. The van der Waals surface area contributed by atoms with Gasteiger partial charge in [-0.3, -0.25) is 4.98 Å². The Morgan fingerprint density at radius 2 is 2.00 bits per heavy atom. The molecule has 2 fully saturated rings. The van der Waals surface area contributed by atoms with Crippen molar-refractivity contribution in [3.8, 4) is 5.88 Å². The maximum atomic E-state index is 12.6. The van der Waals surface area contributed by atoms with Crippen molar-refractivity contribution in [1.82, 2.24) is 29.7 Å². The van der Waals surface area contributed by atoms with Crippen LogP contribution in [0.2, 0.25) is 0 Å². The number of likely N-dealkylation sites (tertiary alicyclic amines) is 1. The third-order valence-electron chi connectivity index (χ3n) is 6.81. The van der Waals surface area contributed by atoms with E-state index in [9.17, 15) is 4.79 Å². The van der Waals surface area contributed by atoms with Crippen molar-refractivity contribution in [2.24, 2.45) is 11.8 Å². The van der Waals surface area contributed by atoms with Gasteiger partial charge in [-0.25, -0.2) is 14.8 Å². The van der Waals surface area contributed by atoms with Gasteiger partial charge < -0.3 is 19.5 Å². The van der Waals surface area contributed by atoms with Crippen LogP contribution < -0.4 is 10.1 Å². The monoisotopic (exact) mass is 434 g/mol. The highest BCUT2D eigenvalue weighted by Gasteiger charge is 2.45. The second-order valence-corrected chi connectivity index (χ2v) is 8.91. The van der Waals surface area contributed by atoms with Gasteiger partial charge in [0.1, 0.15) is 11.9 Å². The average Bonchev–Trinajstić information content (AvgIpc) is 3.37. The fraction of sp³-hybridized carbons (Fsp3) is 0.500. The number of ether oxygens (including phenoxy) is 1. The number of rotatable bonds is 5. The predicted octanol–water partition coefficient (Wildman–Crippen LogP) is 3.58. The first-order valence-electron chi connectivity index (χ1n) is 11.5. The summed E-state index contributed by atoms with van der Waals surface area (Å²) in [5, 5.41) is 3.03. The normalized spacial score (nSPS) is 25.0. The summed E-state index contributed by atoms with van der Waals surface area (Å²) in [7, 11) is 0. The summed E-state index contributed by atoms with van der Waals surface area (Å²) in [6, 6.07) is 8.42. The summed E-state index contributed by atoms with van der Waals surface area (Å²) >= 11 is 0. The zero-order chi connectivity index (χ0) is 22.1. The molecule has 0 spiro atoms. The number of carbonyl (C=O) groups is 1. The molecule has 1 aromatic carbocycles. The lowest BCUT2D eigenvalue weighted by Crippen LogP contribution is -2.40. The van der Waals surface area contributed by atoms with E-state index in [1.165, 1.54) is 0 Å². The number of fused-ring (bicyclic) bond motifs is 2. The zero-order valence-corrected chi connectivity index (χ0v) is 18.6. The molecule has 3 aromatic rings. The number of hydrogen-bond donors (Lipinski definition) is 1. The number of para-hydroxylation sites is 2. The fourth-order valence-electron chi connectivity index (χ4n) is 5.38. The van der Waals surface area contributed by atoms with Crippen molar-refractivity contribution in [2.75, 3.05) is 19.6 Å². The van der Waals surface area contributed by atoms with Crippen LogP contribution in [0.15, 0.2) is 42.9 Å². The van der Waals surface area contributed by atoms with Gasteiger partial charge in [0.15, 0.2) is 0 Å². The Bertz CT molecular complexity index is 1080. The van der Waals surface area contributed by atoms with Crippen molar-refractivity contribution in [3.63, 3.8) is 0 Å². The highest BCUT2D eigenvalue weighted by Crippen LogP contribution is 2.44. The molecule has 0 unspecified atom stereocenters. The molecule has 8 nitrogen and oxygen atoms in total. The van der Waals surface area contributed by atoms with Gasteiger partial charge in [-0.05, 0) is 50.2 Å². The van der Waals surface area contributed by atoms with Crippen molar-refractivity contribution < 1.29 is 9.53 Å². The first-order chi connectivity index (χ1) is 15.6. The Morgan fingerprint density at radius 1 is 1.19 bits per heavy atom. The van der Waals surface area contributed by atoms with Crippen LogP contribution in [0.25, 0.3) is 11.0 Å². The van der Waals surface area contributed by atoms with Crippen LogP contribution in [0.3, 0.4) is 0 Å². The van der Waals surface area contributed by atoms with Crippen molar-refractivity contribution in [1.29, 1.82) is 0 Å². The number of nitrogens with zero attached hydrogens (tertiary/aromatic N) is 5. The third kappa shape index (κ3) is 3.89. The Hall–Kier alpha value is -3.16. The standard InChI is InChI=1S/C24H30N6O2/c1-3-8-27-24(31)29-14-17-11-21(30-16(2)28-19-6-4-5-7-20(19)30)22(12-18(17)15-29)32-23-13-25-9-10-26-23/h4-7,9-10,13,17-18,21-22H,3,8,11-12,14-15H2,1-2H3,(H,27,31)/t17-,18+,21-,22-/m0/s1. The van der Waals surface area contributed by atoms with E-state index in [0.29, 0.717) is 24.3 Å². The zero-order valence-electron chi connectivity index (χ0n) is 18.6. The second kappa shape index (κ2) is 8.76. The van der Waals surface area contributed by atoms with E-state index in [1.807, 2.05) is 11.0 Å². The van der Waals surface area contributed by atoms with Crippen LogP contribution in [-0.2, 0) is 0 Å². The van der Waals surface area contributed by atoms with Gasteiger partial charge in [-0.15, -0.1) is 0 Å². The average molecular weight is 435 g/mol. The lowest BCUT2D eigenvalue weighted by atomic mass is 9.77. The number of imidazole rings is 1. The summed E-state index contributed by atoms with van der Waals surface area (Å²) in [5.74, 6) is 2.38. The summed E-state index contributed by atoms with van der Waals surface area (Å²) in [6.07, 6.45) is 7.66. The van der Waals surface area contributed by atoms with Crippen LogP contribution in [-0.4, -0.2) is 56.2 Å². The Kier molecular flexibility index (Phi) is 5.68. The van der Waals surface area contributed by atoms with Crippen LogP contribution >= 0.6 is 0 Å². The van der Waals surface area contributed by atoms with E-state index in [4.69, 9.17) is 9.72 Å². The van der Waals surface area contributed by atoms with E-state index in [1.54, 1.807) is 18.6 Å². The van der Waals surface area contributed by atoms with Crippen molar-refractivity contribution in [3.05, 3.63) is 48.7 Å². The molecule has 4 atom stereocenters. The minimum atomic E-state index is -0.0668. The van der Waals surface area contributed by atoms with Gasteiger partial charge in [-0.1, -0.05) is 19.1 Å². The predicted molar refractivity (Wildman–Crippen MR) is 121 cm³/mol. The maximum Gasteiger partial charge on any atom is 0.317 e. The van der Waals surface area contributed by atoms with E-state index in [0.717, 1.165) is 49.2 Å². The lowest BCUT2D eigenvalue weighted by Gasteiger charge is -2.39. The van der Waals surface area contributed by atoms with Gasteiger partial charge in [0.05, 0.1) is 23.3 Å². The molecule has 1 saturated heterocycles. The molecule has 2 amide bonds. The number of hydrogen-bond acceptors (Lipinski definition) is 5. The number of urea groups is 1. The number of amides is 2. The molecule has 2 aromatic heterocycles. The number of nitrogens with one attached hydrogen (secondary N) is 1. The molecule has 32 heavy (non-hydrogen) atoms. The van der Waals surface area contributed by atoms with E-state index in [2.05, 4.69) is 51.9 Å². The second-order valence-electron chi connectivity index (χ2n) is 8.91. The molecule has 5 rings (SSSR count). The minimum Gasteiger partial charge on any atom is -0.471 e. The Morgan fingerprint density at radius 3 is 2.78 bits per heavy atom. The topological polar surface area (TPSA) is 85.2 Å². The summed E-state index contributed by atoms with van der Waals surface area (Å²) in [5.41, 5.74) is 2.12. The van der Waals surface area contributed by atoms with Gasteiger partial charge in [0.25, 0.3) is 0 Å². The summed E-state index contributed by atoms with van der Waals surface area (Å²) < 4.78 is 8.75. The highest BCUT2D eigenvalue weighted by atomic mass is 16.5. The first kappa shape index (κ1) is 20.7. The molecule has 1 aliphatic heterocycles. The quantitative estimate of drug-likeness (QED) is 0.663. The summed E-state index contributed by atoms with van der Waals surface area (Å²) in [4.78, 5) is 27.9. The molecule has 0 bridgehead atoms. The van der Waals surface area contributed by atoms with E-state index < -0.39 is 0 Å². The number of aryl methyl sites for hydroxylation is 1. The number of carbonyl (C=O) groups excluding carboxylic acids is 1. The van der Waals surface area contributed by atoms with Crippen molar-refractivity contribution >= 4 is 17.1 Å². The van der Waals surface area contributed by atoms with Crippen LogP contribution in [0.5, 0.6) is 5.88 Å². The van der Waals surface area contributed by atoms with Gasteiger partial charge >= 0.3 is 6.03 Å². The molecule has 168 valence electrons. The fourth-order valence-corrected chi connectivity index (χ4v) is 5.38. The van der Waals surface area contributed by atoms with E-state index >= 15 is 0 Å². The molecule has 3 heterocycles. The van der Waals surface area contributed by atoms with Gasteiger partial charge in [-0.2, -0.15) is 0 Å². The third-order valence-corrected chi connectivity index (χ3v) is 6.81. The molecule has 1 N–H and O–H groups in total. The Balaban J connectivity index is 1.45. The Labute approximate surface area is 188 Å². The minimum absolute atomic E-state index is 0.0495. The number of aromatic nitrogens is 4. The molecule has 0 radical (unpaired) electrons. The molecule has 1 aliphatic carbocycles. The molecule has 8 heteroatoms.